The third-order valence-electron chi connectivity index (χ3n) is 3.25. The summed E-state index contributed by atoms with van der Waals surface area (Å²) in [5, 5.41) is 8.91. The van der Waals surface area contributed by atoms with E-state index in [4.69, 9.17) is 9.84 Å². The summed E-state index contributed by atoms with van der Waals surface area (Å²) in [4.78, 5) is 24.9. The molecular formula is C14H16FNO4S. The van der Waals surface area contributed by atoms with Crippen molar-refractivity contribution >= 4 is 23.6 Å². The van der Waals surface area contributed by atoms with E-state index >= 15 is 0 Å². The van der Waals surface area contributed by atoms with Crippen molar-refractivity contribution in [2.45, 2.75) is 31.4 Å². The molecule has 114 valence electrons. The summed E-state index contributed by atoms with van der Waals surface area (Å²) in [6.45, 7) is 3.25. The number of thioether (sulfide) groups is 1. The van der Waals surface area contributed by atoms with Crippen LogP contribution in [-0.2, 0) is 9.59 Å². The minimum Gasteiger partial charge on any atom is -0.480 e. The number of halogens is 1. The molecule has 1 saturated heterocycles. The Hall–Kier alpha value is -1.76. The minimum atomic E-state index is -1.04. The second-order valence-electron chi connectivity index (χ2n) is 4.72. The first-order valence-corrected chi connectivity index (χ1v) is 7.54. The second kappa shape index (κ2) is 6.34. The number of para-hydroxylation sites is 1. The van der Waals surface area contributed by atoms with Crippen molar-refractivity contribution in [3.63, 3.8) is 0 Å². The SMILES string of the molecule is CC(Oc1ccccc1F)C(=O)N1C(C)SCC1C(=O)O. The number of carboxylic acids is 1. The van der Waals surface area contributed by atoms with Crippen LogP contribution in [0.1, 0.15) is 13.8 Å². The molecule has 1 aliphatic rings. The van der Waals surface area contributed by atoms with Crippen LogP contribution in [0, 0.1) is 5.82 Å². The molecule has 0 bridgehead atoms. The largest absolute Gasteiger partial charge is 0.480 e. The van der Waals surface area contributed by atoms with Crippen LogP contribution in [0.5, 0.6) is 5.75 Å². The van der Waals surface area contributed by atoms with Crippen LogP contribution >= 0.6 is 11.8 Å². The molecule has 0 saturated carbocycles. The van der Waals surface area contributed by atoms with Gasteiger partial charge in [0.15, 0.2) is 17.7 Å². The van der Waals surface area contributed by atoms with Gasteiger partial charge in [-0.05, 0) is 26.0 Å². The van der Waals surface area contributed by atoms with Crippen LogP contribution in [0.15, 0.2) is 24.3 Å². The Bertz CT molecular complexity index is 554. The van der Waals surface area contributed by atoms with E-state index in [1.165, 1.54) is 41.8 Å². The lowest BCUT2D eigenvalue weighted by Gasteiger charge is -2.28. The molecule has 1 fully saturated rings. The maximum atomic E-state index is 13.5. The first-order chi connectivity index (χ1) is 9.91. The summed E-state index contributed by atoms with van der Waals surface area (Å²) in [7, 11) is 0. The van der Waals surface area contributed by atoms with Gasteiger partial charge in [0, 0.05) is 5.75 Å². The molecule has 1 aromatic rings. The van der Waals surface area contributed by atoms with Gasteiger partial charge in [0.2, 0.25) is 0 Å². The van der Waals surface area contributed by atoms with Crippen LogP contribution in [0.25, 0.3) is 0 Å². The van der Waals surface area contributed by atoms with Gasteiger partial charge < -0.3 is 14.7 Å². The van der Waals surface area contributed by atoms with E-state index in [0.717, 1.165) is 0 Å². The minimum absolute atomic E-state index is 0.0234. The van der Waals surface area contributed by atoms with Crippen LogP contribution in [0.3, 0.4) is 0 Å². The van der Waals surface area contributed by atoms with Crippen LogP contribution < -0.4 is 4.74 Å². The van der Waals surface area contributed by atoms with Crippen molar-refractivity contribution in [3.8, 4) is 5.75 Å². The highest BCUT2D eigenvalue weighted by Gasteiger charge is 2.41. The van der Waals surface area contributed by atoms with Gasteiger partial charge >= 0.3 is 5.97 Å². The van der Waals surface area contributed by atoms with Gasteiger partial charge in [0.25, 0.3) is 5.91 Å². The van der Waals surface area contributed by atoms with E-state index in [1.54, 1.807) is 13.0 Å². The lowest BCUT2D eigenvalue weighted by Crippen LogP contribution is -2.49. The Morgan fingerprint density at radius 2 is 2.14 bits per heavy atom. The lowest BCUT2D eigenvalue weighted by molar-refractivity contribution is -0.151. The fourth-order valence-corrected chi connectivity index (χ4v) is 3.33. The molecule has 2 rings (SSSR count). The zero-order valence-electron chi connectivity index (χ0n) is 11.7. The topological polar surface area (TPSA) is 66.8 Å². The normalized spacial score (nSPS) is 22.9. The molecule has 0 aliphatic carbocycles. The van der Waals surface area contributed by atoms with Crippen molar-refractivity contribution in [3.05, 3.63) is 30.1 Å². The number of carboxylic acid groups (broad SMARTS) is 1. The van der Waals surface area contributed by atoms with Gasteiger partial charge in [-0.25, -0.2) is 9.18 Å². The van der Waals surface area contributed by atoms with Crippen molar-refractivity contribution in [1.29, 1.82) is 0 Å². The average Bonchev–Trinajstić information content (AvgIpc) is 2.82. The summed E-state index contributed by atoms with van der Waals surface area (Å²) in [6, 6.07) is 4.92. The van der Waals surface area contributed by atoms with E-state index in [-0.39, 0.29) is 11.1 Å². The summed E-state index contributed by atoms with van der Waals surface area (Å²) < 4.78 is 18.9. The van der Waals surface area contributed by atoms with Crippen LogP contribution in [-0.4, -0.2) is 45.2 Å². The number of ether oxygens (including phenoxy) is 1. The Balaban J connectivity index is 2.11. The number of carbonyl (C=O) groups excluding carboxylic acids is 1. The molecule has 0 spiro atoms. The Morgan fingerprint density at radius 1 is 1.48 bits per heavy atom. The maximum Gasteiger partial charge on any atom is 0.327 e. The zero-order chi connectivity index (χ0) is 15.6. The number of aliphatic carboxylic acids is 1. The highest BCUT2D eigenvalue weighted by Crippen LogP contribution is 2.30. The molecule has 1 N–H and O–H groups in total. The van der Waals surface area contributed by atoms with Crippen molar-refractivity contribution in [1.82, 2.24) is 4.90 Å². The van der Waals surface area contributed by atoms with Crippen molar-refractivity contribution < 1.29 is 23.8 Å². The fraction of sp³-hybridized carbons (Fsp3) is 0.429. The molecule has 1 amide bonds. The Morgan fingerprint density at radius 3 is 2.76 bits per heavy atom. The Labute approximate surface area is 126 Å². The number of rotatable bonds is 4. The third-order valence-corrected chi connectivity index (χ3v) is 4.47. The van der Waals surface area contributed by atoms with Gasteiger partial charge in [0.05, 0.1) is 5.37 Å². The summed E-state index contributed by atoms with van der Waals surface area (Å²) in [5.74, 6) is -1.74. The number of hydrogen-bond acceptors (Lipinski definition) is 4. The molecule has 1 aromatic carbocycles. The summed E-state index contributed by atoms with van der Waals surface area (Å²) >= 11 is 1.39. The molecule has 5 nitrogen and oxygen atoms in total. The Kier molecular flexibility index (Phi) is 4.72. The van der Waals surface area contributed by atoms with Crippen LogP contribution in [0.4, 0.5) is 4.39 Å². The van der Waals surface area contributed by atoms with Gasteiger partial charge in [-0.3, -0.25) is 4.79 Å². The highest BCUT2D eigenvalue weighted by molar-refractivity contribution is 8.00. The quantitative estimate of drug-likeness (QED) is 0.920. The average molecular weight is 313 g/mol. The first kappa shape index (κ1) is 15.6. The zero-order valence-corrected chi connectivity index (χ0v) is 12.5. The van der Waals surface area contributed by atoms with E-state index in [9.17, 15) is 14.0 Å². The summed E-state index contributed by atoms with van der Waals surface area (Å²) in [5.41, 5.74) is 0. The fourth-order valence-electron chi connectivity index (χ4n) is 2.16. The van der Waals surface area contributed by atoms with Crippen molar-refractivity contribution in [2.24, 2.45) is 0 Å². The predicted octanol–water partition coefficient (Wildman–Crippen LogP) is 1.97. The molecule has 0 radical (unpaired) electrons. The lowest BCUT2D eigenvalue weighted by atomic mass is 10.2. The molecule has 21 heavy (non-hydrogen) atoms. The van der Waals surface area contributed by atoms with Gasteiger partial charge in [-0.2, -0.15) is 0 Å². The molecule has 3 unspecified atom stereocenters. The predicted molar refractivity (Wildman–Crippen MR) is 76.7 cm³/mol. The number of carbonyl (C=O) groups is 2. The van der Waals surface area contributed by atoms with Crippen molar-refractivity contribution in [2.75, 3.05) is 5.75 Å². The van der Waals surface area contributed by atoms with E-state index in [2.05, 4.69) is 0 Å². The smallest absolute Gasteiger partial charge is 0.327 e. The number of nitrogens with zero attached hydrogens (tertiary/aromatic N) is 1. The number of benzene rings is 1. The van der Waals surface area contributed by atoms with Gasteiger partial charge in [-0.15, -0.1) is 11.8 Å². The van der Waals surface area contributed by atoms with E-state index in [0.29, 0.717) is 5.75 Å². The van der Waals surface area contributed by atoms with Gasteiger partial charge in [0.1, 0.15) is 6.04 Å². The second-order valence-corrected chi connectivity index (χ2v) is 6.07. The monoisotopic (exact) mass is 313 g/mol. The van der Waals surface area contributed by atoms with E-state index < -0.39 is 29.8 Å². The standard InChI is InChI=1S/C14H16FNO4S/c1-8(20-12-6-4-3-5-10(12)15)13(17)16-9(2)21-7-11(16)14(18)19/h3-6,8-9,11H,7H2,1-2H3,(H,18,19). The van der Waals surface area contributed by atoms with Crippen LogP contribution in [0.2, 0.25) is 0 Å². The summed E-state index contributed by atoms with van der Waals surface area (Å²) in [6.07, 6.45) is -0.954. The highest BCUT2D eigenvalue weighted by atomic mass is 32.2. The molecule has 1 aliphatic heterocycles. The van der Waals surface area contributed by atoms with Gasteiger partial charge in [-0.1, -0.05) is 12.1 Å². The molecular weight excluding hydrogens is 297 g/mol. The maximum absolute atomic E-state index is 13.5. The molecule has 0 aromatic heterocycles. The third kappa shape index (κ3) is 3.29. The number of hydrogen-bond donors (Lipinski definition) is 1. The molecule has 3 atom stereocenters. The van der Waals surface area contributed by atoms with E-state index in [1.807, 2.05) is 0 Å². The number of amides is 1. The molecule has 1 heterocycles. The first-order valence-electron chi connectivity index (χ1n) is 6.49. The molecule has 7 heteroatoms.